The van der Waals surface area contributed by atoms with Crippen molar-refractivity contribution in [3.63, 3.8) is 0 Å². The molecule has 0 bridgehead atoms. The zero-order valence-electron chi connectivity index (χ0n) is 13.8. The lowest BCUT2D eigenvalue weighted by Crippen LogP contribution is -2.39. The van der Waals surface area contributed by atoms with E-state index in [9.17, 15) is 14.0 Å². The third kappa shape index (κ3) is 3.88. The predicted octanol–water partition coefficient (Wildman–Crippen LogP) is 2.52. The van der Waals surface area contributed by atoms with Crippen molar-refractivity contribution in [2.45, 2.75) is 18.9 Å². The van der Waals surface area contributed by atoms with E-state index >= 15 is 0 Å². The zero-order valence-corrected chi connectivity index (χ0v) is 13.8. The van der Waals surface area contributed by atoms with Crippen molar-refractivity contribution in [1.29, 1.82) is 0 Å². The maximum atomic E-state index is 13.5. The number of nitrogens with zero attached hydrogens (tertiary/aromatic N) is 1. The number of carbonyl (C=O) groups excluding carboxylic acids is 2. The first-order valence-electron chi connectivity index (χ1n) is 7.98. The second-order valence-corrected chi connectivity index (χ2v) is 5.87. The Kier molecular flexibility index (Phi) is 5.14. The number of hydrogen-bond acceptors (Lipinski definition) is 4. The molecule has 2 amide bonds. The second-order valence-electron chi connectivity index (χ2n) is 5.87. The van der Waals surface area contributed by atoms with Crippen LogP contribution in [-0.2, 0) is 20.9 Å². The fraction of sp³-hybridized carbons (Fsp3) is 0.333. The number of halogens is 1. The summed E-state index contributed by atoms with van der Waals surface area (Å²) in [7, 11) is 1.56. The monoisotopic (exact) mass is 346 g/mol. The van der Waals surface area contributed by atoms with E-state index in [-0.39, 0.29) is 24.8 Å². The van der Waals surface area contributed by atoms with E-state index in [1.807, 2.05) is 0 Å². The summed E-state index contributed by atoms with van der Waals surface area (Å²) in [6.07, 6.45) is 1.57. The third-order valence-electron chi connectivity index (χ3n) is 4.16. The lowest BCUT2D eigenvalue weighted by molar-refractivity contribution is -0.136. The highest BCUT2D eigenvalue weighted by atomic mass is 19.1. The van der Waals surface area contributed by atoms with Gasteiger partial charge < -0.3 is 19.4 Å². The largest absolute Gasteiger partial charge is 0.467 e. The number of carbonyl (C=O) groups is 2. The van der Waals surface area contributed by atoms with Crippen LogP contribution in [0.25, 0.3) is 0 Å². The molecule has 132 valence electrons. The highest BCUT2D eigenvalue weighted by Crippen LogP contribution is 2.34. The van der Waals surface area contributed by atoms with Crippen LogP contribution in [0.15, 0.2) is 41.0 Å². The quantitative estimate of drug-likeness (QED) is 0.872. The normalized spacial score (nSPS) is 16.2. The molecule has 0 fully saturated rings. The SMILES string of the molecule is COCCN(Cc1ccco1)C(=O)C1CC(=O)Nc2cc(F)ccc21. The average molecular weight is 346 g/mol. The molecule has 6 nitrogen and oxygen atoms in total. The molecule has 1 aliphatic heterocycles. The van der Waals surface area contributed by atoms with Crippen LogP contribution in [0, 0.1) is 5.82 Å². The van der Waals surface area contributed by atoms with Gasteiger partial charge in [-0.3, -0.25) is 9.59 Å². The summed E-state index contributed by atoms with van der Waals surface area (Å²) < 4.78 is 23.9. The summed E-state index contributed by atoms with van der Waals surface area (Å²) in [5.41, 5.74) is 0.965. The topological polar surface area (TPSA) is 71.8 Å². The molecule has 1 aromatic carbocycles. The minimum atomic E-state index is -0.656. The fourth-order valence-corrected chi connectivity index (χ4v) is 2.94. The van der Waals surface area contributed by atoms with Crippen molar-refractivity contribution in [3.05, 3.63) is 53.7 Å². The Balaban J connectivity index is 1.87. The lowest BCUT2D eigenvalue weighted by Gasteiger charge is -2.30. The van der Waals surface area contributed by atoms with Crippen LogP contribution in [0.2, 0.25) is 0 Å². The number of furan rings is 1. The number of ether oxygens (including phenoxy) is 1. The van der Waals surface area contributed by atoms with Crippen LogP contribution in [0.5, 0.6) is 0 Å². The van der Waals surface area contributed by atoms with Gasteiger partial charge in [-0.15, -0.1) is 0 Å². The van der Waals surface area contributed by atoms with Crippen LogP contribution in [0.4, 0.5) is 10.1 Å². The number of hydrogen-bond donors (Lipinski definition) is 1. The van der Waals surface area contributed by atoms with E-state index in [2.05, 4.69) is 5.32 Å². The van der Waals surface area contributed by atoms with Crippen molar-refractivity contribution >= 4 is 17.5 Å². The van der Waals surface area contributed by atoms with Gasteiger partial charge in [0.15, 0.2) is 0 Å². The maximum Gasteiger partial charge on any atom is 0.231 e. The van der Waals surface area contributed by atoms with Gasteiger partial charge in [0, 0.05) is 25.8 Å². The Morgan fingerprint density at radius 3 is 3.00 bits per heavy atom. The molecule has 1 unspecified atom stereocenters. The molecule has 2 heterocycles. The van der Waals surface area contributed by atoms with E-state index in [1.54, 1.807) is 36.5 Å². The minimum Gasteiger partial charge on any atom is -0.467 e. The fourth-order valence-electron chi connectivity index (χ4n) is 2.94. The molecule has 2 aromatic rings. The van der Waals surface area contributed by atoms with E-state index in [4.69, 9.17) is 9.15 Å². The first-order chi connectivity index (χ1) is 12.1. The Morgan fingerprint density at radius 2 is 2.28 bits per heavy atom. The van der Waals surface area contributed by atoms with Crippen LogP contribution >= 0.6 is 0 Å². The van der Waals surface area contributed by atoms with Gasteiger partial charge in [0.2, 0.25) is 11.8 Å². The summed E-state index contributed by atoms with van der Waals surface area (Å²) >= 11 is 0. The molecule has 0 saturated carbocycles. The number of anilines is 1. The minimum absolute atomic E-state index is 0.0269. The van der Waals surface area contributed by atoms with Gasteiger partial charge in [-0.25, -0.2) is 4.39 Å². The van der Waals surface area contributed by atoms with Gasteiger partial charge in [0.1, 0.15) is 11.6 Å². The molecule has 1 aliphatic rings. The molecule has 25 heavy (non-hydrogen) atoms. The van der Waals surface area contributed by atoms with Gasteiger partial charge in [0.05, 0.1) is 25.3 Å². The van der Waals surface area contributed by atoms with Gasteiger partial charge in [-0.1, -0.05) is 6.07 Å². The van der Waals surface area contributed by atoms with Gasteiger partial charge in [0.25, 0.3) is 0 Å². The molecule has 0 saturated heterocycles. The Bertz CT molecular complexity index is 760. The summed E-state index contributed by atoms with van der Waals surface area (Å²) in [6.45, 7) is 1.01. The van der Waals surface area contributed by atoms with Crippen molar-refractivity contribution in [1.82, 2.24) is 4.90 Å². The number of benzene rings is 1. The second kappa shape index (κ2) is 7.48. The zero-order chi connectivity index (χ0) is 17.8. The van der Waals surface area contributed by atoms with Crippen LogP contribution < -0.4 is 5.32 Å². The molecule has 1 aromatic heterocycles. The lowest BCUT2D eigenvalue weighted by atomic mass is 9.89. The average Bonchev–Trinajstić information content (AvgIpc) is 3.10. The number of nitrogens with one attached hydrogen (secondary N) is 1. The number of rotatable bonds is 6. The van der Waals surface area contributed by atoms with Crippen LogP contribution in [-0.4, -0.2) is 37.0 Å². The maximum absolute atomic E-state index is 13.5. The molecule has 0 radical (unpaired) electrons. The molecule has 7 heteroatoms. The summed E-state index contributed by atoms with van der Waals surface area (Å²) in [5, 5.41) is 2.62. The molecule has 3 rings (SSSR count). The summed E-state index contributed by atoms with van der Waals surface area (Å²) in [6, 6.07) is 7.61. The number of methoxy groups -OCH3 is 1. The van der Waals surface area contributed by atoms with Crippen LogP contribution in [0.1, 0.15) is 23.7 Å². The van der Waals surface area contributed by atoms with Gasteiger partial charge in [-0.2, -0.15) is 0 Å². The Morgan fingerprint density at radius 1 is 1.44 bits per heavy atom. The van der Waals surface area contributed by atoms with E-state index in [1.165, 1.54) is 12.1 Å². The summed E-state index contributed by atoms with van der Waals surface area (Å²) in [5.74, 6) is -0.989. The van der Waals surface area contributed by atoms with E-state index < -0.39 is 11.7 Å². The first kappa shape index (κ1) is 17.2. The predicted molar refractivity (Wildman–Crippen MR) is 88.4 cm³/mol. The molecule has 0 spiro atoms. The van der Waals surface area contributed by atoms with E-state index in [0.717, 1.165) is 0 Å². The van der Waals surface area contributed by atoms with E-state index in [0.29, 0.717) is 30.2 Å². The molecular formula is C18H19FN2O4. The highest BCUT2D eigenvalue weighted by molar-refractivity contribution is 6.01. The van der Waals surface area contributed by atoms with Crippen molar-refractivity contribution in [2.75, 3.05) is 25.6 Å². The number of fused-ring (bicyclic) bond motifs is 1. The molecular weight excluding hydrogens is 327 g/mol. The van der Waals surface area contributed by atoms with Crippen molar-refractivity contribution in [3.8, 4) is 0 Å². The van der Waals surface area contributed by atoms with Crippen LogP contribution in [0.3, 0.4) is 0 Å². The number of amides is 2. The van der Waals surface area contributed by atoms with Gasteiger partial charge in [-0.05, 0) is 29.8 Å². The van der Waals surface area contributed by atoms with Crippen molar-refractivity contribution < 1.29 is 23.1 Å². The molecule has 0 aliphatic carbocycles. The highest BCUT2D eigenvalue weighted by Gasteiger charge is 2.33. The molecule has 1 N–H and O–H groups in total. The Hall–Kier alpha value is -2.67. The third-order valence-corrected chi connectivity index (χ3v) is 4.16. The van der Waals surface area contributed by atoms with Gasteiger partial charge >= 0.3 is 0 Å². The summed E-state index contributed by atoms with van der Waals surface area (Å²) in [4.78, 5) is 26.6. The molecule has 1 atom stereocenters. The standard InChI is InChI=1S/C18H19FN2O4/c1-24-8-6-21(11-13-3-2-7-25-13)18(23)15-10-17(22)20-16-9-12(19)4-5-14(15)16/h2-5,7,9,15H,6,8,10-11H2,1H3,(H,20,22). The first-order valence-corrected chi connectivity index (χ1v) is 7.98. The Labute approximate surface area is 144 Å². The van der Waals surface area contributed by atoms with Crippen molar-refractivity contribution in [2.24, 2.45) is 0 Å². The smallest absolute Gasteiger partial charge is 0.231 e.